The van der Waals surface area contributed by atoms with Gasteiger partial charge < -0.3 is 14.2 Å². The van der Waals surface area contributed by atoms with Gasteiger partial charge in [0.25, 0.3) is 5.91 Å². The van der Waals surface area contributed by atoms with E-state index in [1.54, 1.807) is 18.6 Å². The molecule has 1 aliphatic heterocycles. The Bertz CT molecular complexity index is 635. The molecule has 6 heteroatoms. The zero-order valence-electron chi connectivity index (χ0n) is 12.0. The number of carbonyl (C=O) groups excluding carboxylic acids is 1. The van der Waals surface area contributed by atoms with E-state index in [0.29, 0.717) is 23.3 Å². The summed E-state index contributed by atoms with van der Waals surface area (Å²) in [5, 5.41) is 0. The Morgan fingerprint density at radius 3 is 2.60 bits per heavy atom. The SMILES string of the molecule is CC1CN(C(=O)c2nccn3ccnc23)CC1N(C)C. The maximum absolute atomic E-state index is 12.7. The molecule has 0 N–H and O–H groups in total. The minimum Gasteiger partial charge on any atom is -0.335 e. The number of amides is 1. The topological polar surface area (TPSA) is 53.7 Å². The van der Waals surface area contributed by atoms with Gasteiger partial charge in [-0.3, -0.25) is 4.79 Å². The van der Waals surface area contributed by atoms with Crippen molar-refractivity contribution in [1.29, 1.82) is 0 Å². The summed E-state index contributed by atoms with van der Waals surface area (Å²) in [6.07, 6.45) is 6.95. The zero-order chi connectivity index (χ0) is 14.3. The summed E-state index contributed by atoms with van der Waals surface area (Å²) in [4.78, 5) is 25.2. The third-order valence-corrected chi connectivity index (χ3v) is 4.04. The first kappa shape index (κ1) is 13.1. The molecule has 2 aromatic rings. The first-order valence-corrected chi connectivity index (χ1v) is 6.81. The van der Waals surface area contributed by atoms with Gasteiger partial charge in [-0.1, -0.05) is 6.92 Å². The van der Waals surface area contributed by atoms with E-state index < -0.39 is 0 Å². The highest BCUT2D eigenvalue weighted by atomic mass is 16.2. The zero-order valence-corrected chi connectivity index (χ0v) is 12.0. The van der Waals surface area contributed by atoms with E-state index in [1.165, 1.54) is 0 Å². The molecule has 0 aliphatic carbocycles. The van der Waals surface area contributed by atoms with E-state index in [-0.39, 0.29) is 5.91 Å². The number of imidazole rings is 1. The fourth-order valence-corrected chi connectivity index (χ4v) is 2.94. The molecule has 1 aliphatic rings. The second kappa shape index (κ2) is 4.86. The summed E-state index contributed by atoms with van der Waals surface area (Å²) in [5.74, 6) is 0.437. The lowest BCUT2D eigenvalue weighted by Gasteiger charge is -2.22. The van der Waals surface area contributed by atoms with E-state index in [4.69, 9.17) is 0 Å². The van der Waals surface area contributed by atoms with E-state index in [0.717, 1.165) is 13.1 Å². The largest absolute Gasteiger partial charge is 0.335 e. The number of fused-ring (bicyclic) bond motifs is 1. The van der Waals surface area contributed by atoms with Crippen molar-refractivity contribution in [3.8, 4) is 0 Å². The molecule has 0 spiro atoms. The Labute approximate surface area is 118 Å². The van der Waals surface area contributed by atoms with Crippen molar-refractivity contribution >= 4 is 11.6 Å². The van der Waals surface area contributed by atoms with Gasteiger partial charge in [-0.05, 0) is 20.0 Å². The minimum atomic E-state index is -0.0296. The molecule has 1 amide bonds. The Hall–Kier alpha value is -1.95. The van der Waals surface area contributed by atoms with Crippen LogP contribution in [0.15, 0.2) is 24.8 Å². The van der Waals surface area contributed by atoms with Crippen LogP contribution in [0.5, 0.6) is 0 Å². The highest BCUT2D eigenvalue weighted by Crippen LogP contribution is 2.22. The van der Waals surface area contributed by atoms with Crippen LogP contribution in [0.3, 0.4) is 0 Å². The van der Waals surface area contributed by atoms with Gasteiger partial charge in [0.15, 0.2) is 11.3 Å². The van der Waals surface area contributed by atoms with E-state index in [1.807, 2.05) is 15.5 Å². The number of hydrogen-bond acceptors (Lipinski definition) is 4. The van der Waals surface area contributed by atoms with Crippen molar-refractivity contribution in [1.82, 2.24) is 24.2 Å². The standard InChI is InChI=1S/C14H19N5O/c1-10-8-19(9-11(10)17(2)3)14(20)12-13-16-5-7-18(13)6-4-15-12/h4-7,10-11H,8-9H2,1-3H3. The maximum atomic E-state index is 12.7. The summed E-state index contributed by atoms with van der Waals surface area (Å²) in [5.41, 5.74) is 1.06. The Balaban J connectivity index is 1.88. The number of rotatable bonds is 2. The minimum absolute atomic E-state index is 0.0296. The van der Waals surface area contributed by atoms with Gasteiger partial charge in [0.1, 0.15) is 0 Å². The molecule has 0 aromatic carbocycles. The fourth-order valence-electron chi connectivity index (χ4n) is 2.94. The number of likely N-dealkylation sites (tertiary alicyclic amines) is 1. The van der Waals surface area contributed by atoms with Crippen molar-refractivity contribution in [2.75, 3.05) is 27.2 Å². The number of nitrogens with zero attached hydrogens (tertiary/aromatic N) is 5. The first-order valence-electron chi connectivity index (χ1n) is 6.81. The van der Waals surface area contributed by atoms with Crippen LogP contribution in [0.2, 0.25) is 0 Å². The third-order valence-electron chi connectivity index (χ3n) is 4.04. The van der Waals surface area contributed by atoms with Gasteiger partial charge in [0, 0.05) is 43.9 Å². The van der Waals surface area contributed by atoms with Crippen molar-refractivity contribution in [2.24, 2.45) is 5.92 Å². The molecule has 3 heterocycles. The van der Waals surface area contributed by atoms with Gasteiger partial charge in [-0.25, -0.2) is 9.97 Å². The predicted molar refractivity (Wildman–Crippen MR) is 75.5 cm³/mol. The van der Waals surface area contributed by atoms with Gasteiger partial charge >= 0.3 is 0 Å². The average Bonchev–Trinajstić information content (AvgIpc) is 3.03. The average molecular weight is 273 g/mol. The molecule has 1 fully saturated rings. The summed E-state index contributed by atoms with van der Waals surface area (Å²) >= 11 is 0. The van der Waals surface area contributed by atoms with Crippen molar-refractivity contribution in [3.05, 3.63) is 30.5 Å². The van der Waals surface area contributed by atoms with E-state index in [2.05, 4.69) is 35.9 Å². The molecule has 3 rings (SSSR count). The molecular weight excluding hydrogens is 254 g/mol. The van der Waals surface area contributed by atoms with Gasteiger partial charge in [-0.2, -0.15) is 0 Å². The van der Waals surface area contributed by atoms with Crippen LogP contribution < -0.4 is 0 Å². The van der Waals surface area contributed by atoms with Gasteiger partial charge in [0.05, 0.1) is 0 Å². The predicted octanol–water partition coefficient (Wildman–Crippen LogP) is 0.751. The highest BCUT2D eigenvalue weighted by Gasteiger charge is 2.35. The summed E-state index contributed by atoms with van der Waals surface area (Å²) < 4.78 is 1.82. The first-order chi connectivity index (χ1) is 9.58. The Morgan fingerprint density at radius 1 is 1.25 bits per heavy atom. The molecular formula is C14H19N5O. The van der Waals surface area contributed by atoms with Crippen LogP contribution in [0.1, 0.15) is 17.4 Å². The lowest BCUT2D eigenvalue weighted by molar-refractivity contribution is 0.0777. The van der Waals surface area contributed by atoms with Crippen LogP contribution in [0, 0.1) is 5.92 Å². The van der Waals surface area contributed by atoms with Crippen LogP contribution in [-0.4, -0.2) is 63.3 Å². The Kier molecular flexibility index (Phi) is 3.17. The molecule has 0 saturated carbocycles. The molecule has 2 aromatic heterocycles. The van der Waals surface area contributed by atoms with E-state index >= 15 is 0 Å². The number of hydrogen-bond donors (Lipinski definition) is 0. The smallest absolute Gasteiger partial charge is 0.276 e. The summed E-state index contributed by atoms with van der Waals surface area (Å²) in [6, 6.07) is 0.401. The molecule has 1 saturated heterocycles. The second-order valence-electron chi connectivity index (χ2n) is 5.65. The summed E-state index contributed by atoms with van der Waals surface area (Å²) in [7, 11) is 4.12. The van der Waals surface area contributed by atoms with Crippen molar-refractivity contribution in [3.63, 3.8) is 0 Å². The highest BCUT2D eigenvalue weighted by molar-refractivity contribution is 5.97. The normalized spacial score (nSPS) is 22.9. The van der Waals surface area contributed by atoms with E-state index in [9.17, 15) is 4.79 Å². The molecule has 0 bridgehead atoms. The second-order valence-corrected chi connectivity index (χ2v) is 5.65. The molecule has 106 valence electrons. The molecule has 20 heavy (non-hydrogen) atoms. The van der Waals surface area contributed by atoms with Crippen LogP contribution in [-0.2, 0) is 0 Å². The lowest BCUT2D eigenvalue weighted by Crippen LogP contribution is -2.36. The maximum Gasteiger partial charge on any atom is 0.276 e. The quantitative estimate of drug-likeness (QED) is 0.810. The summed E-state index contributed by atoms with van der Waals surface area (Å²) in [6.45, 7) is 3.70. The number of likely N-dealkylation sites (N-methyl/N-ethyl adjacent to an activating group) is 1. The molecule has 6 nitrogen and oxygen atoms in total. The number of carbonyl (C=O) groups is 1. The lowest BCUT2D eigenvalue weighted by atomic mass is 10.1. The van der Waals surface area contributed by atoms with Crippen molar-refractivity contribution in [2.45, 2.75) is 13.0 Å². The molecule has 0 radical (unpaired) electrons. The van der Waals surface area contributed by atoms with Crippen molar-refractivity contribution < 1.29 is 4.79 Å². The number of aromatic nitrogens is 3. The molecule has 2 atom stereocenters. The monoisotopic (exact) mass is 273 g/mol. The van der Waals surface area contributed by atoms with Gasteiger partial charge in [-0.15, -0.1) is 0 Å². The van der Waals surface area contributed by atoms with Crippen LogP contribution >= 0.6 is 0 Å². The van der Waals surface area contributed by atoms with Gasteiger partial charge in [0.2, 0.25) is 0 Å². The van der Waals surface area contributed by atoms with Crippen LogP contribution in [0.4, 0.5) is 0 Å². The third kappa shape index (κ3) is 2.06. The Morgan fingerprint density at radius 2 is 1.95 bits per heavy atom. The fraction of sp³-hybridized carbons (Fsp3) is 0.500. The van der Waals surface area contributed by atoms with Crippen LogP contribution in [0.25, 0.3) is 5.65 Å². The molecule has 2 unspecified atom stereocenters.